The summed E-state index contributed by atoms with van der Waals surface area (Å²) in [7, 11) is -3.90. The Morgan fingerprint density at radius 3 is 2.20 bits per heavy atom. The Hall–Kier alpha value is -3.43. The average molecular weight is 588 g/mol. The van der Waals surface area contributed by atoms with Crippen molar-refractivity contribution in [3.8, 4) is 0 Å². The van der Waals surface area contributed by atoms with Gasteiger partial charge >= 0.3 is 0 Å². The van der Waals surface area contributed by atoms with Gasteiger partial charge in [-0.3, -0.25) is 13.9 Å². The highest BCUT2D eigenvalue weighted by atomic mass is 35.5. The number of carbonyl (C=O) groups is 2. The van der Waals surface area contributed by atoms with E-state index in [4.69, 9.17) is 11.6 Å². The lowest BCUT2D eigenvalue weighted by Gasteiger charge is -2.33. The summed E-state index contributed by atoms with van der Waals surface area (Å²) in [6.07, 6.45) is 1.21. The minimum absolute atomic E-state index is 0.0298. The van der Waals surface area contributed by atoms with Crippen molar-refractivity contribution >= 4 is 39.1 Å². The first kappa shape index (κ1) is 31.1. The second-order valence-electron chi connectivity index (χ2n) is 10.2. The molecule has 214 valence electrons. The van der Waals surface area contributed by atoms with Crippen LogP contribution >= 0.6 is 11.6 Å². The number of amides is 2. The van der Waals surface area contributed by atoms with Crippen molar-refractivity contribution in [2.24, 2.45) is 5.92 Å². The van der Waals surface area contributed by atoms with Gasteiger partial charge in [0.05, 0.1) is 11.9 Å². The van der Waals surface area contributed by atoms with Crippen molar-refractivity contribution in [2.75, 3.05) is 23.7 Å². The maximum absolute atomic E-state index is 14.0. The van der Waals surface area contributed by atoms with Gasteiger partial charge in [-0.1, -0.05) is 74.0 Å². The molecule has 1 N–H and O–H groups in total. The van der Waals surface area contributed by atoms with Crippen LogP contribution in [0.2, 0.25) is 5.02 Å². The maximum atomic E-state index is 14.0. The molecule has 1 atom stereocenters. The first-order chi connectivity index (χ1) is 18.8. The number of nitrogens with zero attached hydrogens (tertiary/aromatic N) is 2. The van der Waals surface area contributed by atoms with Gasteiger partial charge in [-0.05, 0) is 53.8 Å². The molecule has 3 rings (SSSR count). The molecule has 40 heavy (non-hydrogen) atoms. The number of hydrogen-bond acceptors (Lipinski definition) is 4. The van der Waals surface area contributed by atoms with Gasteiger partial charge in [0.25, 0.3) is 0 Å². The molecule has 0 saturated carbocycles. The zero-order chi connectivity index (χ0) is 29.4. The Balaban J connectivity index is 2.05. The lowest BCUT2D eigenvalue weighted by molar-refractivity contribution is -0.140. The molecular weight excluding hydrogens is 553 g/mol. The molecule has 0 radical (unpaired) electrons. The smallest absolute Gasteiger partial charge is 0.244 e. The zero-order valence-corrected chi connectivity index (χ0v) is 24.7. The number of nitrogens with one attached hydrogen (secondary N) is 1. The molecule has 0 fully saturated rings. The van der Waals surface area contributed by atoms with Crippen LogP contribution in [0, 0.1) is 18.7 Å². The Labute approximate surface area is 241 Å². The summed E-state index contributed by atoms with van der Waals surface area (Å²) < 4.78 is 40.3. The molecule has 0 aliphatic rings. The van der Waals surface area contributed by atoms with E-state index in [-0.39, 0.29) is 30.5 Å². The van der Waals surface area contributed by atoms with E-state index in [0.717, 1.165) is 21.7 Å². The molecule has 10 heteroatoms. The normalized spacial score (nSPS) is 12.2. The third kappa shape index (κ3) is 8.79. The molecule has 0 spiro atoms. The number of benzene rings is 3. The molecule has 3 aromatic rings. The summed E-state index contributed by atoms with van der Waals surface area (Å²) in [4.78, 5) is 28.9. The Morgan fingerprint density at radius 2 is 1.62 bits per heavy atom. The summed E-state index contributed by atoms with van der Waals surface area (Å²) >= 11 is 6.27. The van der Waals surface area contributed by atoms with E-state index in [2.05, 4.69) is 5.32 Å². The standard InChI is InChI=1S/C30H35ClFN3O4S/c1-21(2)18-33-30(37)28(16-23-8-6-5-7-9-23)34(19-24-11-13-25(32)14-12-24)29(36)20-35(40(4,38)39)26-15-10-22(3)27(31)17-26/h5-15,17,21,28H,16,18-20H2,1-4H3,(H,33,37). The Kier molecular flexibility index (Phi) is 10.7. The largest absolute Gasteiger partial charge is 0.354 e. The number of anilines is 1. The fourth-order valence-electron chi connectivity index (χ4n) is 4.11. The molecular formula is C30H35ClFN3O4S. The van der Waals surface area contributed by atoms with E-state index in [0.29, 0.717) is 17.1 Å². The first-order valence-corrected chi connectivity index (χ1v) is 15.2. The molecule has 0 heterocycles. The number of halogens is 2. The van der Waals surface area contributed by atoms with E-state index in [1.165, 1.54) is 35.2 Å². The molecule has 3 aromatic carbocycles. The van der Waals surface area contributed by atoms with Gasteiger partial charge in [0.15, 0.2) is 0 Å². The highest BCUT2D eigenvalue weighted by molar-refractivity contribution is 7.92. The lowest BCUT2D eigenvalue weighted by Crippen LogP contribution is -2.53. The van der Waals surface area contributed by atoms with E-state index in [1.54, 1.807) is 19.1 Å². The van der Waals surface area contributed by atoms with Crippen molar-refractivity contribution in [1.29, 1.82) is 0 Å². The third-order valence-corrected chi connectivity index (χ3v) is 7.89. The van der Waals surface area contributed by atoms with Crippen molar-refractivity contribution < 1.29 is 22.4 Å². The Morgan fingerprint density at radius 1 is 0.975 bits per heavy atom. The van der Waals surface area contributed by atoms with Crippen molar-refractivity contribution in [3.63, 3.8) is 0 Å². The van der Waals surface area contributed by atoms with Gasteiger partial charge in [-0.25, -0.2) is 12.8 Å². The molecule has 1 unspecified atom stereocenters. The third-order valence-electron chi connectivity index (χ3n) is 6.34. The second-order valence-corrected chi connectivity index (χ2v) is 12.5. The Bertz CT molecular complexity index is 1420. The monoisotopic (exact) mass is 587 g/mol. The fourth-order valence-corrected chi connectivity index (χ4v) is 5.13. The van der Waals surface area contributed by atoms with Crippen LogP contribution in [0.4, 0.5) is 10.1 Å². The van der Waals surface area contributed by atoms with E-state index in [1.807, 2.05) is 44.2 Å². The van der Waals surface area contributed by atoms with E-state index >= 15 is 0 Å². The number of rotatable bonds is 12. The molecule has 0 saturated heterocycles. The molecule has 0 bridgehead atoms. The summed E-state index contributed by atoms with van der Waals surface area (Å²) in [5.74, 6) is -1.21. The summed E-state index contributed by atoms with van der Waals surface area (Å²) in [6.45, 7) is 5.53. The van der Waals surface area contributed by atoms with Gasteiger partial charge in [0.2, 0.25) is 21.8 Å². The van der Waals surface area contributed by atoms with Crippen LogP contribution in [-0.2, 0) is 32.6 Å². The van der Waals surface area contributed by atoms with Crippen LogP contribution in [0.25, 0.3) is 0 Å². The summed E-state index contributed by atoms with van der Waals surface area (Å²) in [6, 6.07) is 18.7. The number of hydrogen-bond donors (Lipinski definition) is 1. The molecule has 7 nitrogen and oxygen atoms in total. The molecule has 0 aliphatic heterocycles. The zero-order valence-electron chi connectivity index (χ0n) is 23.1. The first-order valence-electron chi connectivity index (χ1n) is 12.9. The van der Waals surface area contributed by atoms with E-state index < -0.39 is 34.3 Å². The highest BCUT2D eigenvalue weighted by Gasteiger charge is 2.33. The summed E-state index contributed by atoms with van der Waals surface area (Å²) in [5.41, 5.74) is 2.41. The van der Waals surface area contributed by atoms with Crippen LogP contribution < -0.4 is 9.62 Å². The van der Waals surface area contributed by atoms with Crippen LogP contribution in [0.1, 0.15) is 30.5 Å². The fraction of sp³-hybridized carbons (Fsp3) is 0.333. The minimum Gasteiger partial charge on any atom is -0.354 e. The molecule has 0 aromatic heterocycles. The predicted molar refractivity (Wildman–Crippen MR) is 157 cm³/mol. The van der Waals surface area contributed by atoms with Crippen LogP contribution in [-0.4, -0.2) is 50.5 Å². The van der Waals surface area contributed by atoms with Crippen molar-refractivity contribution in [3.05, 3.63) is 100 Å². The van der Waals surface area contributed by atoms with E-state index in [9.17, 15) is 22.4 Å². The summed E-state index contributed by atoms with van der Waals surface area (Å²) in [5, 5.41) is 3.28. The van der Waals surface area contributed by atoms with Crippen LogP contribution in [0.15, 0.2) is 72.8 Å². The van der Waals surface area contributed by atoms with Crippen LogP contribution in [0.5, 0.6) is 0 Å². The second kappa shape index (κ2) is 13.8. The van der Waals surface area contributed by atoms with Gasteiger partial charge in [0.1, 0.15) is 18.4 Å². The molecule has 2 amide bonds. The SMILES string of the molecule is Cc1ccc(N(CC(=O)N(Cc2ccc(F)cc2)C(Cc2ccccc2)C(=O)NCC(C)C)S(C)(=O)=O)cc1Cl. The number of sulfonamides is 1. The number of carbonyl (C=O) groups excluding carboxylic acids is 2. The number of aryl methyl sites for hydroxylation is 1. The van der Waals surface area contributed by atoms with Gasteiger partial charge in [0, 0.05) is 24.5 Å². The molecule has 0 aliphatic carbocycles. The quantitative estimate of drug-likeness (QED) is 0.324. The topological polar surface area (TPSA) is 86.8 Å². The van der Waals surface area contributed by atoms with Gasteiger partial charge < -0.3 is 10.2 Å². The highest BCUT2D eigenvalue weighted by Crippen LogP contribution is 2.26. The minimum atomic E-state index is -3.90. The van der Waals surface area contributed by atoms with Crippen molar-refractivity contribution in [2.45, 2.75) is 39.8 Å². The van der Waals surface area contributed by atoms with Gasteiger partial charge in [-0.15, -0.1) is 0 Å². The van der Waals surface area contributed by atoms with Crippen molar-refractivity contribution in [1.82, 2.24) is 10.2 Å². The lowest BCUT2D eigenvalue weighted by atomic mass is 10.0. The van der Waals surface area contributed by atoms with Gasteiger partial charge in [-0.2, -0.15) is 0 Å². The average Bonchev–Trinajstić information content (AvgIpc) is 2.90. The maximum Gasteiger partial charge on any atom is 0.244 e. The predicted octanol–water partition coefficient (Wildman–Crippen LogP) is 4.97. The van der Waals surface area contributed by atoms with Crippen LogP contribution in [0.3, 0.4) is 0 Å².